The van der Waals surface area contributed by atoms with Gasteiger partial charge in [-0.3, -0.25) is 4.57 Å². The van der Waals surface area contributed by atoms with Gasteiger partial charge >= 0.3 is 6.03 Å². The SMILES string of the molecule is O=C(N1CCCC1)n1ccnc1. The van der Waals surface area contributed by atoms with Crippen molar-refractivity contribution in [1.82, 2.24) is 14.5 Å². The lowest BCUT2D eigenvalue weighted by molar-refractivity contribution is 0.210. The van der Waals surface area contributed by atoms with Crippen molar-refractivity contribution in [1.29, 1.82) is 0 Å². The lowest BCUT2D eigenvalue weighted by atomic mass is 10.4. The largest absolute Gasteiger partial charge is 0.329 e. The van der Waals surface area contributed by atoms with E-state index in [2.05, 4.69) is 4.98 Å². The topological polar surface area (TPSA) is 38.1 Å². The highest BCUT2D eigenvalue weighted by molar-refractivity contribution is 5.76. The van der Waals surface area contributed by atoms with Gasteiger partial charge in [0.25, 0.3) is 0 Å². The second-order valence-corrected chi connectivity index (χ2v) is 2.95. The van der Waals surface area contributed by atoms with Crippen LogP contribution in [0.2, 0.25) is 0 Å². The molecule has 0 unspecified atom stereocenters. The molecule has 12 heavy (non-hydrogen) atoms. The maximum absolute atomic E-state index is 11.6. The number of carbonyl (C=O) groups excluding carboxylic acids is 1. The Balaban J connectivity index is 2.09. The fraction of sp³-hybridized carbons (Fsp3) is 0.500. The van der Waals surface area contributed by atoms with Crippen molar-refractivity contribution in [2.24, 2.45) is 0 Å². The van der Waals surface area contributed by atoms with Gasteiger partial charge in [0.15, 0.2) is 0 Å². The highest BCUT2D eigenvalue weighted by atomic mass is 16.2. The van der Waals surface area contributed by atoms with Crippen LogP contribution in [0.3, 0.4) is 0 Å². The molecule has 2 rings (SSSR count). The van der Waals surface area contributed by atoms with Gasteiger partial charge in [0.2, 0.25) is 0 Å². The fourth-order valence-corrected chi connectivity index (χ4v) is 1.44. The Morgan fingerprint density at radius 3 is 2.67 bits per heavy atom. The summed E-state index contributed by atoms with van der Waals surface area (Å²) < 4.78 is 1.52. The molecule has 1 aromatic rings. The molecule has 0 aliphatic carbocycles. The predicted octanol–water partition coefficient (Wildman–Crippen LogP) is 0.947. The summed E-state index contributed by atoms with van der Waals surface area (Å²) in [5.41, 5.74) is 0. The fourth-order valence-electron chi connectivity index (χ4n) is 1.44. The molecule has 1 aromatic heterocycles. The Morgan fingerprint density at radius 2 is 2.08 bits per heavy atom. The first kappa shape index (κ1) is 7.34. The van der Waals surface area contributed by atoms with Crippen LogP contribution in [0.15, 0.2) is 18.7 Å². The minimum atomic E-state index is 0.0463. The molecule has 1 fully saturated rings. The maximum atomic E-state index is 11.6. The van der Waals surface area contributed by atoms with Crippen molar-refractivity contribution >= 4 is 6.03 Å². The summed E-state index contributed by atoms with van der Waals surface area (Å²) in [6, 6.07) is 0.0463. The molecular formula is C8H11N3O. The van der Waals surface area contributed by atoms with Crippen LogP contribution < -0.4 is 0 Å². The third-order valence-corrected chi connectivity index (χ3v) is 2.10. The van der Waals surface area contributed by atoms with E-state index in [1.54, 1.807) is 18.7 Å². The summed E-state index contributed by atoms with van der Waals surface area (Å²) in [6.07, 6.45) is 7.09. The van der Waals surface area contributed by atoms with Gasteiger partial charge in [-0.05, 0) is 12.8 Å². The molecule has 1 aliphatic rings. The summed E-state index contributed by atoms with van der Waals surface area (Å²) in [5.74, 6) is 0. The van der Waals surface area contributed by atoms with Gasteiger partial charge < -0.3 is 4.90 Å². The van der Waals surface area contributed by atoms with Crippen LogP contribution in [-0.4, -0.2) is 33.6 Å². The van der Waals surface area contributed by atoms with Gasteiger partial charge in [-0.2, -0.15) is 0 Å². The van der Waals surface area contributed by atoms with E-state index in [-0.39, 0.29) is 6.03 Å². The lowest BCUT2D eigenvalue weighted by Crippen LogP contribution is -2.31. The molecule has 0 saturated carbocycles. The van der Waals surface area contributed by atoms with E-state index in [9.17, 15) is 4.79 Å². The Labute approximate surface area is 70.8 Å². The van der Waals surface area contributed by atoms with Gasteiger partial charge in [0.05, 0.1) is 0 Å². The summed E-state index contributed by atoms with van der Waals surface area (Å²) in [4.78, 5) is 17.2. The Bertz CT molecular complexity index is 262. The molecule has 4 heteroatoms. The monoisotopic (exact) mass is 165 g/mol. The zero-order valence-electron chi connectivity index (χ0n) is 6.81. The molecular weight excluding hydrogens is 154 g/mol. The van der Waals surface area contributed by atoms with E-state index in [4.69, 9.17) is 0 Å². The van der Waals surface area contributed by atoms with Crippen LogP contribution >= 0.6 is 0 Å². The number of likely N-dealkylation sites (tertiary alicyclic amines) is 1. The average molecular weight is 165 g/mol. The predicted molar refractivity (Wildman–Crippen MR) is 43.8 cm³/mol. The van der Waals surface area contributed by atoms with Crippen LogP contribution in [0.1, 0.15) is 12.8 Å². The first-order valence-corrected chi connectivity index (χ1v) is 4.15. The van der Waals surface area contributed by atoms with Gasteiger partial charge in [-0.15, -0.1) is 0 Å². The van der Waals surface area contributed by atoms with Gasteiger partial charge in [-0.25, -0.2) is 9.78 Å². The number of hydrogen-bond acceptors (Lipinski definition) is 2. The summed E-state index contributed by atoms with van der Waals surface area (Å²) >= 11 is 0. The van der Waals surface area contributed by atoms with Gasteiger partial charge in [-0.1, -0.05) is 0 Å². The number of nitrogens with zero attached hydrogens (tertiary/aromatic N) is 3. The van der Waals surface area contributed by atoms with Crippen molar-refractivity contribution in [3.8, 4) is 0 Å². The number of aromatic nitrogens is 2. The second kappa shape index (κ2) is 2.97. The van der Waals surface area contributed by atoms with E-state index in [0.717, 1.165) is 25.9 Å². The Morgan fingerprint density at radius 1 is 1.33 bits per heavy atom. The normalized spacial score (nSPS) is 16.8. The van der Waals surface area contributed by atoms with Crippen LogP contribution in [0, 0.1) is 0 Å². The molecule has 1 aliphatic heterocycles. The van der Waals surface area contributed by atoms with Gasteiger partial charge in [0.1, 0.15) is 6.33 Å². The van der Waals surface area contributed by atoms with Crippen LogP contribution in [-0.2, 0) is 0 Å². The zero-order chi connectivity index (χ0) is 8.39. The van der Waals surface area contributed by atoms with Crippen molar-refractivity contribution in [3.63, 3.8) is 0 Å². The number of hydrogen-bond donors (Lipinski definition) is 0. The lowest BCUT2D eigenvalue weighted by Gasteiger charge is -2.14. The van der Waals surface area contributed by atoms with E-state index < -0.39 is 0 Å². The number of amides is 1. The summed E-state index contributed by atoms with van der Waals surface area (Å²) in [7, 11) is 0. The molecule has 4 nitrogen and oxygen atoms in total. The first-order chi connectivity index (χ1) is 5.88. The molecule has 0 N–H and O–H groups in total. The van der Waals surface area contributed by atoms with Crippen molar-refractivity contribution in [2.45, 2.75) is 12.8 Å². The van der Waals surface area contributed by atoms with Crippen LogP contribution in [0.4, 0.5) is 4.79 Å². The van der Waals surface area contributed by atoms with Gasteiger partial charge in [0, 0.05) is 25.5 Å². The second-order valence-electron chi connectivity index (χ2n) is 2.95. The van der Waals surface area contributed by atoms with Crippen molar-refractivity contribution < 1.29 is 4.79 Å². The minimum Gasteiger partial charge on any atom is -0.324 e. The summed E-state index contributed by atoms with van der Waals surface area (Å²) in [6.45, 7) is 1.77. The third kappa shape index (κ3) is 1.20. The molecule has 0 spiro atoms. The van der Waals surface area contributed by atoms with E-state index in [1.165, 1.54) is 4.57 Å². The van der Waals surface area contributed by atoms with E-state index in [1.807, 2.05) is 4.90 Å². The highest BCUT2D eigenvalue weighted by Gasteiger charge is 2.18. The molecule has 1 amide bonds. The molecule has 0 radical (unpaired) electrons. The molecule has 0 atom stereocenters. The number of rotatable bonds is 0. The van der Waals surface area contributed by atoms with Crippen LogP contribution in [0.5, 0.6) is 0 Å². The third-order valence-electron chi connectivity index (χ3n) is 2.10. The minimum absolute atomic E-state index is 0.0463. The molecule has 1 saturated heterocycles. The standard InChI is InChI=1S/C8H11N3O/c12-8(10-4-1-2-5-10)11-6-3-9-7-11/h3,6-7H,1-2,4-5H2. The number of carbonyl (C=O) groups is 1. The Kier molecular flexibility index (Phi) is 1.81. The zero-order valence-corrected chi connectivity index (χ0v) is 6.81. The molecule has 64 valence electrons. The molecule has 2 heterocycles. The highest BCUT2D eigenvalue weighted by Crippen LogP contribution is 2.08. The maximum Gasteiger partial charge on any atom is 0.329 e. The van der Waals surface area contributed by atoms with Crippen molar-refractivity contribution in [3.05, 3.63) is 18.7 Å². The Hall–Kier alpha value is -1.32. The van der Waals surface area contributed by atoms with Crippen LogP contribution in [0.25, 0.3) is 0 Å². The first-order valence-electron chi connectivity index (χ1n) is 4.15. The molecule has 0 bridgehead atoms. The van der Waals surface area contributed by atoms with E-state index in [0.29, 0.717) is 0 Å². The average Bonchev–Trinajstić information content (AvgIpc) is 2.77. The van der Waals surface area contributed by atoms with Crippen molar-refractivity contribution in [2.75, 3.05) is 13.1 Å². The number of imidazole rings is 1. The quantitative estimate of drug-likeness (QED) is 0.574. The molecule has 0 aromatic carbocycles. The smallest absolute Gasteiger partial charge is 0.324 e. The summed E-state index contributed by atoms with van der Waals surface area (Å²) in [5, 5.41) is 0. The van der Waals surface area contributed by atoms with E-state index >= 15 is 0 Å².